The zero-order valence-corrected chi connectivity index (χ0v) is 11.4. The van der Waals surface area contributed by atoms with Gasteiger partial charge in [0.15, 0.2) is 0 Å². The molecule has 6 heteroatoms. The number of rotatable bonds is 3. The standard InChI is InChI=1S/C15H10ClF3N2/c16-10-6-7-13(15(17,18)19)12(8-10)14(9-20)21-11-4-2-1-3-5-11/h1-8,14,21H. The summed E-state index contributed by atoms with van der Waals surface area (Å²) < 4.78 is 39.1. The number of nitrogens with zero attached hydrogens (tertiary/aromatic N) is 1. The summed E-state index contributed by atoms with van der Waals surface area (Å²) in [6.07, 6.45) is -4.55. The Morgan fingerprint density at radius 2 is 1.76 bits per heavy atom. The molecule has 2 aromatic rings. The van der Waals surface area contributed by atoms with Crippen molar-refractivity contribution in [2.75, 3.05) is 5.32 Å². The maximum atomic E-state index is 13.0. The molecule has 2 nitrogen and oxygen atoms in total. The van der Waals surface area contributed by atoms with E-state index in [-0.39, 0.29) is 10.6 Å². The van der Waals surface area contributed by atoms with Gasteiger partial charge in [-0.2, -0.15) is 18.4 Å². The van der Waals surface area contributed by atoms with E-state index in [0.717, 1.165) is 18.2 Å². The molecular weight excluding hydrogens is 301 g/mol. The first-order valence-electron chi connectivity index (χ1n) is 5.99. The smallest absolute Gasteiger partial charge is 0.366 e. The fourth-order valence-corrected chi connectivity index (χ4v) is 2.09. The van der Waals surface area contributed by atoms with Gasteiger partial charge in [0.05, 0.1) is 11.6 Å². The average Bonchev–Trinajstić information content (AvgIpc) is 2.44. The lowest BCUT2D eigenvalue weighted by atomic mass is 10.0. The van der Waals surface area contributed by atoms with Crippen LogP contribution in [0.3, 0.4) is 0 Å². The zero-order chi connectivity index (χ0) is 15.5. The predicted octanol–water partition coefficient (Wildman–Crippen LogP) is 5.04. The molecule has 2 aromatic carbocycles. The fraction of sp³-hybridized carbons (Fsp3) is 0.133. The molecule has 0 saturated heterocycles. The van der Waals surface area contributed by atoms with E-state index in [4.69, 9.17) is 11.6 Å². The van der Waals surface area contributed by atoms with Gasteiger partial charge in [-0.25, -0.2) is 0 Å². The molecule has 0 aliphatic rings. The van der Waals surface area contributed by atoms with Gasteiger partial charge in [0.25, 0.3) is 0 Å². The van der Waals surface area contributed by atoms with E-state index in [1.807, 2.05) is 6.07 Å². The summed E-state index contributed by atoms with van der Waals surface area (Å²) in [7, 11) is 0. The number of benzene rings is 2. The van der Waals surface area contributed by atoms with E-state index < -0.39 is 17.8 Å². The van der Waals surface area contributed by atoms with Crippen LogP contribution in [-0.4, -0.2) is 0 Å². The first-order valence-corrected chi connectivity index (χ1v) is 6.37. The first kappa shape index (κ1) is 15.2. The molecule has 0 aromatic heterocycles. The van der Waals surface area contributed by atoms with E-state index in [1.165, 1.54) is 0 Å². The maximum Gasteiger partial charge on any atom is 0.416 e. The number of para-hydroxylation sites is 1. The molecule has 1 unspecified atom stereocenters. The number of halogens is 4. The molecule has 0 spiro atoms. The molecule has 21 heavy (non-hydrogen) atoms. The minimum Gasteiger partial charge on any atom is -0.366 e. The van der Waals surface area contributed by atoms with Crippen LogP contribution < -0.4 is 5.32 Å². The first-order chi connectivity index (χ1) is 9.91. The van der Waals surface area contributed by atoms with Crippen molar-refractivity contribution in [3.8, 4) is 6.07 Å². The van der Waals surface area contributed by atoms with Crippen LogP contribution in [-0.2, 0) is 6.18 Å². The van der Waals surface area contributed by atoms with Gasteiger partial charge in [-0.1, -0.05) is 29.8 Å². The van der Waals surface area contributed by atoms with Gasteiger partial charge in [0.1, 0.15) is 6.04 Å². The molecule has 0 radical (unpaired) electrons. The molecule has 0 aliphatic carbocycles. The maximum absolute atomic E-state index is 13.0. The van der Waals surface area contributed by atoms with Gasteiger partial charge < -0.3 is 5.32 Å². The summed E-state index contributed by atoms with van der Waals surface area (Å²) in [4.78, 5) is 0. The Labute approximate surface area is 124 Å². The van der Waals surface area contributed by atoms with Crippen molar-refractivity contribution >= 4 is 17.3 Å². The van der Waals surface area contributed by atoms with Crippen LogP contribution in [0.25, 0.3) is 0 Å². The minimum absolute atomic E-state index is 0.146. The average molecular weight is 311 g/mol. The predicted molar refractivity (Wildman–Crippen MR) is 74.9 cm³/mol. The molecule has 108 valence electrons. The Morgan fingerprint density at radius 3 is 2.33 bits per heavy atom. The Kier molecular flexibility index (Phi) is 4.39. The molecule has 0 aliphatic heterocycles. The lowest BCUT2D eigenvalue weighted by Crippen LogP contribution is -2.16. The van der Waals surface area contributed by atoms with E-state index in [0.29, 0.717) is 5.69 Å². The van der Waals surface area contributed by atoms with Crippen LogP contribution >= 0.6 is 11.6 Å². The van der Waals surface area contributed by atoms with Gasteiger partial charge in [-0.05, 0) is 30.3 Å². The summed E-state index contributed by atoms with van der Waals surface area (Å²) >= 11 is 5.77. The highest BCUT2D eigenvalue weighted by Crippen LogP contribution is 2.36. The summed E-state index contributed by atoms with van der Waals surface area (Å²) in [6.45, 7) is 0. The molecule has 1 N–H and O–H groups in total. The molecular formula is C15H10ClF3N2. The Bertz CT molecular complexity index is 663. The minimum atomic E-state index is -4.55. The van der Waals surface area contributed by atoms with Gasteiger partial charge in [-0.3, -0.25) is 0 Å². The number of anilines is 1. The van der Waals surface area contributed by atoms with Crippen LogP contribution in [0, 0.1) is 11.3 Å². The highest BCUT2D eigenvalue weighted by Gasteiger charge is 2.35. The Hall–Kier alpha value is -2.19. The topological polar surface area (TPSA) is 35.8 Å². The molecule has 0 amide bonds. The van der Waals surface area contributed by atoms with Crippen molar-refractivity contribution in [1.29, 1.82) is 5.26 Å². The molecule has 0 saturated carbocycles. The molecule has 0 bridgehead atoms. The molecule has 0 heterocycles. The quantitative estimate of drug-likeness (QED) is 0.862. The van der Waals surface area contributed by atoms with Crippen molar-refractivity contribution in [2.24, 2.45) is 0 Å². The normalized spacial score (nSPS) is 12.5. The summed E-state index contributed by atoms with van der Waals surface area (Å²) in [5, 5.41) is 12.1. The van der Waals surface area contributed by atoms with E-state index in [2.05, 4.69) is 5.32 Å². The van der Waals surface area contributed by atoms with Crippen molar-refractivity contribution < 1.29 is 13.2 Å². The summed E-state index contributed by atoms with van der Waals surface area (Å²) in [5.74, 6) is 0. The van der Waals surface area contributed by atoms with Gasteiger partial charge in [-0.15, -0.1) is 0 Å². The highest BCUT2D eigenvalue weighted by molar-refractivity contribution is 6.30. The van der Waals surface area contributed by atoms with Crippen molar-refractivity contribution in [3.63, 3.8) is 0 Å². The highest BCUT2D eigenvalue weighted by atomic mass is 35.5. The van der Waals surface area contributed by atoms with Gasteiger partial charge >= 0.3 is 6.18 Å². The monoisotopic (exact) mass is 310 g/mol. The fourth-order valence-electron chi connectivity index (χ4n) is 1.91. The van der Waals surface area contributed by atoms with Crippen molar-refractivity contribution in [3.05, 3.63) is 64.7 Å². The largest absolute Gasteiger partial charge is 0.416 e. The number of nitrogens with one attached hydrogen (secondary N) is 1. The third-order valence-electron chi connectivity index (χ3n) is 2.84. The lowest BCUT2D eigenvalue weighted by Gasteiger charge is -2.19. The van der Waals surface area contributed by atoms with Crippen LogP contribution in [0.15, 0.2) is 48.5 Å². The van der Waals surface area contributed by atoms with Crippen molar-refractivity contribution in [1.82, 2.24) is 0 Å². The second-order valence-electron chi connectivity index (χ2n) is 4.30. The van der Waals surface area contributed by atoms with Crippen LogP contribution in [0.2, 0.25) is 5.02 Å². The third kappa shape index (κ3) is 3.67. The van der Waals surface area contributed by atoms with Crippen LogP contribution in [0.1, 0.15) is 17.2 Å². The van der Waals surface area contributed by atoms with E-state index in [1.54, 1.807) is 30.3 Å². The number of alkyl halides is 3. The lowest BCUT2D eigenvalue weighted by molar-refractivity contribution is -0.138. The number of hydrogen-bond acceptors (Lipinski definition) is 2. The SMILES string of the molecule is N#CC(Nc1ccccc1)c1cc(Cl)ccc1C(F)(F)F. The molecule has 1 atom stereocenters. The molecule has 2 rings (SSSR count). The molecule has 0 fully saturated rings. The van der Waals surface area contributed by atoms with E-state index in [9.17, 15) is 18.4 Å². The Morgan fingerprint density at radius 1 is 1.10 bits per heavy atom. The van der Waals surface area contributed by atoms with Crippen LogP contribution in [0.5, 0.6) is 0 Å². The third-order valence-corrected chi connectivity index (χ3v) is 3.08. The summed E-state index contributed by atoms with van der Waals surface area (Å²) in [6, 6.07) is 12.4. The van der Waals surface area contributed by atoms with Crippen molar-refractivity contribution in [2.45, 2.75) is 12.2 Å². The number of hydrogen-bond donors (Lipinski definition) is 1. The zero-order valence-electron chi connectivity index (χ0n) is 10.7. The van der Waals surface area contributed by atoms with E-state index >= 15 is 0 Å². The Balaban J connectivity index is 2.43. The van der Waals surface area contributed by atoms with Gasteiger partial charge in [0.2, 0.25) is 0 Å². The second-order valence-corrected chi connectivity index (χ2v) is 4.74. The van der Waals surface area contributed by atoms with Gasteiger partial charge in [0, 0.05) is 16.3 Å². The summed E-state index contributed by atoms with van der Waals surface area (Å²) in [5.41, 5.74) is -0.514. The second kappa shape index (κ2) is 6.06. The number of nitriles is 1. The van der Waals surface area contributed by atoms with Crippen LogP contribution in [0.4, 0.5) is 18.9 Å².